The number of carbonyl (C=O) groups is 1. The average molecular weight is 590 g/mol. The van der Waals surface area contributed by atoms with Crippen molar-refractivity contribution >= 4 is 33.6 Å². The van der Waals surface area contributed by atoms with Crippen LogP contribution in [0.5, 0.6) is 0 Å². The summed E-state index contributed by atoms with van der Waals surface area (Å²) in [5, 5.41) is 18.2. The van der Waals surface area contributed by atoms with Crippen LogP contribution in [0.4, 0.5) is 19.6 Å². The molecule has 3 aliphatic heterocycles. The number of pyridine rings is 1. The Morgan fingerprint density at radius 2 is 2.02 bits per heavy atom. The van der Waals surface area contributed by atoms with Crippen molar-refractivity contribution in [1.29, 1.82) is 5.26 Å². The van der Waals surface area contributed by atoms with Gasteiger partial charge in [0, 0.05) is 55.9 Å². The maximum Gasteiger partial charge on any atom is 0.228 e. The first-order valence-corrected chi connectivity index (χ1v) is 14.9. The van der Waals surface area contributed by atoms with Gasteiger partial charge in [-0.1, -0.05) is 18.3 Å². The molecule has 7 rings (SSSR count). The highest BCUT2D eigenvalue weighted by Gasteiger charge is 2.54. The van der Waals surface area contributed by atoms with Crippen molar-refractivity contribution in [2.45, 2.75) is 26.3 Å². The molecule has 6 heterocycles. The Morgan fingerprint density at radius 1 is 1.24 bits per heavy atom. The highest BCUT2D eigenvalue weighted by molar-refractivity contribution is 7.16. The summed E-state index contributed by atoms with van der Waals surface area (Å²) < 4.78 is 35.6. The van der Waals surface area contributed by atoms with E-state index in [0.717, 1.165) is 23.2 Å². The lowest BCUT2D eigenvalue weighted by Gasteiger charge is -2.61. The van der Waals surface area contributed by atoms with Gasteiger partial charge in [-0.25, -0.2) is 18.3 Å². The Morgan fingerprint density at radius 3 is 2.71 bits per heavy atom. The molecule has 3 fully saturated rings. The Balaban J connectivity index is 1.08. The molecule has 42 heavy (non-hydrogen) atoms. The van der Waals surface area contributed by atoms with Crippen LogP contribution in [0.15, 0.2) is 36.5 Å². The van der Waals surface area contributed by atoms with Crippen LogP contribution in [-0.4, -0.2) is 64.8 Å². The Labute approximate surface area is 245 Å². The number of thiazole rings is 1. The van der Waals surface area contributed by atoms with E-state index in [0.29, 0.717) is 79.3 Å². The number of hydrogen-bond acceptors (Lipinski definition) is 8. The number of halogens is 2. The van der Waals surface area contributed by atoms with E-state index in [1.165, 1.54) is 29.7 Å². The van der Waals surface area contributed by atoms with Gasteiger partial charge in [0.15, 0.2) is 10.9 Å². The highest BCUT2D eigenvalue weighted by atomic mass is 32.1. The summed E-state index contributed by atoms with van der Waals surface area (Å²) in [4.78, 5) is 21.7. The van der Waals surface area contributed by atoms with Gasteiger partial charge < -0.3 is 19.9 Å². The smallest absolute Gasteiger partial charge is 0.228 e. The normalized spacial score (nSPS) is 19.1. The largest absolute Gasteiger partial charge is 0.381 e. The van der Waals surface area contributed by atoms with E-state index < -0.39 is 0 Å². The summed E-state index contributed by atoms with van der Waals surface area (Å²) in [5.74, 6) is -0.528. The lowest BCUT2D eigenvalue weighted by molar-refractivity contribution is -0.149. The van der Waals surface area contributed by atoms with Gasteiger partial charge in [0.25, 0.3) is 0 Å². The van der Waals surface area contributed by atoms with E-state index in [1.807, 2.05) is 22.8 Å². The molecule has 0 aliphatic carbocycles. The molecule has 1 aromatic carbocycles. The average Bonchev–Trinajstić information content (AvgIpc) is 3.69. The van der Waals surface area contributed by atoms with Crippen molar-refractivity contribution < 1.29 is 18.3 Å². The maximum absolute atomic E-state index is 15.3. The van der Waals surface area contributed by atoms with Gasteiger partial charge >= 0.3 is 0 Å². The van der Waals surface area contributed by atoms with Gasteiger partial charge in [-0.2, -0.15) is 10.4 Å². The number of aryl methyl sites for hydroxylation is 1. The van der Waals surface area contributed by atoms with Crippen LogP contribution >= 0.6 is 11.3 Å². The molecule has 0 bridgehead atoms. The summed E-state index contributed by atoms with van der Waals surface area (Å²) in [5.41, 5.74) is 4.32. The zero-order chi connectivity index (χ0) is 29.0. The van der Waals surface area contributed by atoms with Crippen molar-refractivity contribution in [3.63, 3.8) is 0 Å². The van der Waals surface area contributed by atoms with Crippen molar-refractivity contribution in [3.05, 3.63) is 64.3 Å². The fraction of sp³-hybridized carbons (Fsp3) is 0.400. The standard InChI is InChI=1S/C30H29F2N7O2S/c1-2-23-21(11-34-29-35-27(26(10-33)42-29)18-3-5-20(31)6-4-18)24-9-25(22(32)12-39(24)36-23)37-14-30(15-37)16-38(17-30)28(40)19-7-8-41-13-19/h3-6,9,12,19H,2,7-8,11,13-17H2,1H3,(H,34,35)/t19-/m0/s1. The predicted molar refractivity (Wildman–Crippen MR) is 154 cm³/mol. The molecular weight excluding hydrogens is 560 g/mol. The molecule has 1 amide bonds. The monoisotopic (exact) mass is 589 g/mol. The number of nitrogens with one attached hydrogen (secondary N) is 1. The molecule has 1 N–H and O–H groups in total. The second kappa shape index (κ2) is 10.3. The van der Waals surface area contributed by atoms with Gasteiger partial charge in [-0.05, 0) is 43.2 Å². The number of nitriles is 1. The van der Waals surface area contributed by atoms with Crippen LogP contribution in [0.1, 0.15) is 29.5 Å². The third-order valence-corrected chi connectivity index (χ3v) is 9.44. The number of rotatable bonds is 7. The molecule has 0 radical (unpaired) electrons. The molecule has 0 saturated carbocycles. The molecule has 1 atom stereocenters. The molecule has 216 valence electrons. The quantitative estimate of drug-likeness (QED) is 0.340. The summed E-state index contributed by atoms with van der Waals surface area (Å²) in [6.07, 6.45) is 2.89. The molecule has 3 saturated heterocycles. The van der Waals surface area contributed by atoms with Crippen LogP contribution in [0, 0.1) is 34.3 Å². The predicted octanol–water partition coefficient (Wildman–Crippen LogP) is 4.47. The fourth-order valence-corrected chi connectivity index (χ4v) is 7.13. The second-order valence-electron chi connectivity index (χ2n) is 11.4. The van der Waals surface area contributed by atoms with E-state index in [9.17, 15) is 14.4 Å². The van der Waals surface area contributed by atoms with Crippen molar-refractivity contribution in [2.75, 3.05) is 49.6 Å². The SMILES string of the molecule is CCc1nn2cc(F)c(N3CC4(CN(C(=O)[C@H]5CCOC5)C4)C3)cc2c1CNc1nc(-c2ccc(F)cc2)c(C#N)s1. The minimum absolute atomic E-state index is 0.0228. The van der Waals surface area contributed by atoms with Crippen molar-refractivity contribution in [1.82, 2.24) is 19.5 Å². The van der Waals surface area contributed by atoms with Crippen LogP contribution in [-0.2, 0) is 22.5 Å². The molecule has 12 heteroatoms. The Hall–Kier alpha value is -4.08. The van der Waals surface area contributed by atoms with Crippen LogP contribution in [0.3, 0.4) is 0 Å². The van der Waals surface area contributed by atoms with E-state index in [4.69, 9.17) is 4.74 Å². The van der Waals surface area contributed by atoms with Gasteiger partial charge in [-0.15, -0.1) is 0 Å². The lowest BCUT2D eigenvalue weighted by Crippen LogP contribution is -2.73. The molecule has 9 nitrogen and oxygen atoms in total. The van der Waals surface area contributed by atoms with Crippen molar-refractivity contribution in [2.24, 2.45) is 11.3 Å². The minimum Gasteiger partial charge on any atom is -0.381 e. The number of nitrogens with zero attached hydrogens (tertiary/aromatic N) is 6. The number of fused-ring (bicyclic) bond motifs is 1. The van der Waals surface area contributed by atoms with Crippen LogP contribution in [0.25, 0.3) is 16.8 Å². The van der Waals surface area contributed by atoms with E-state index >= 15 is 4.39 Å². The molecule has 1 spiro atoms. The second-order valence-corrected chi connectivity index (χ2v) is 12.4. The van der Waals surface area contributed by atoms with E-state index in [-0.39, 0.29) is 28.9 Å². The number of hydrogen-bond donors (Lipinski definition) is 1. The maximum atomic E-state index is 15.3. The number of ether oxygens (including phenoxy) is 1. The van der Waals surface area contributed by atoms with Gasteiger partial charge in [0.05, 0.1) is 35.6 Å². The first-order valence-electron chi connectivity index (χ1n) is 14.1. The number of carbonyl (C=O) groups excluding carboxylic acids is 1. The summed E-state index contributed by atoms with van der Waals surface area (Å²) in [7, 11) is 0. The first kappa shape index (κ1) is 26.8. The van der Waals surface area contributed by atoms with E-state index in [1.54, 1.807) is 16.6 Å². The number of aromatic nitrogens is 3. The summed E-state index contributed by atoms with van der Waals surface area (Å²) in [6.45, 7) is 6.40. The third kappa shape index (κ3) is 4.57. The third-order valence-electron chi connectivity index (χ3n) is 8.52. The zero-order valence-corrected chi connectivity index (χ0v) is 23.9. The van der Waals surface area contributed by atoms with Gasteiger partial charge in [-0.3, -0.25) is 4.79 Å². The number of likely N-dealkylation sites (tertiary alicyclic amines) is 1. The summed E-state index contributed by atoms with van der Waals surface area (Å²) in [6, 6.07) is 9.94. The van der Waals surface area contributed by atoms with Gasteiger partial charge in [0.1, 0.15) is 22.5 Å². The lowest BCUT2D eigenvalue weighted by atomic mass is 9.72. The summed E-state index contributed by atoms with van der Waals surface area (Å²) >= 11 is 1.23. The molecular formula is C30H29F2N7O2S. The van der Waals surface area contributed by atoms with Crippen molar-refractivity contribution in [3.8, 4) is 17.3 Å². The molecule has 3 aromatic heterocycles. The molecule has 4 aromatic rings. The number of anilines is 2. The number of amides is 1. The Bertz CT molecular complexity index is 1710. The fourth-order valence-electron chi connectivity index (χ4n) is 6.35. The minimum atomic E-state index is -0.352. The molecule has 0 unspecified atom stereocenters. The van der Waals surface area contributed by atoms with E-state index in [2.05, 4.69) is 21.5 Å². The Kier molecular flexibility index (Phi) is 6.59. The number of benzene rings is 1. The molecule has 3 aliphatic rings. The zero-order valence-electron chi connectivity index (χ0n) is 23.1. The highest BCUT2D eigenvalue weighted by Crippen LogP contribution is 2.44. The first-order chi connectivity index (χ1) is 20.4. The van der Waals surface area contributed by atoms with Gasteiger partial charge in [0.2, 0.25) is 5.91 Å². The van der Waals surface area contributed by atoms with Crippen LogP contribution < -0.4 is 10.2 Å². The topological polar surface area (TPSA) is 98.8 Å². The van der Waals surface area contributed by atoms with Crippen LogP contribution in [0.2, 0.25) is 0 Å².